The lowest BCUT2D eigenvalue weighted by Gasteiger charge is -2.15. The molecular weight excluding hydrogens is 130 g/mol. The Labute approximate surface area is 58.8 Å². The standard InChI is InChI=1S/C6H9N3O/c7-5-1-2-6(8)9(5)3-4-10/h1-2,7-8,10H,3-4H2. The van der Waals surface area contributed by atoms with Crippen LogP contribution >= 0.6 is 0 Å². The predicted molar refractivity (Wildman–Crippen MR) is 38.4 cm³/mol. The second kappa shape index (κ2) is 2.62. The van der Waals surface area contributed by atoms with E-state index < -0.39 is 0 Å². The zero-order valence-electron chi connectivity index (χ0n) is 5.46. The molecule has 10 heavy (non-hydrogen) atoms. The van der Waals surface area contributed by atoms with Crippen LogP contribution in [0.2, 0.25) is 0 Å². The molecule has 0 amide bonds. The summed E-state index contributed by atoms with van der Waals surface area (Å²) in [5.74, 6) is 0.554. The molecule has 1 rings (SSSR count). The van der Waals surface area contributed by atoms with Crippen molar-refractivity contribution in [2.75, 3.05) is 13.2 Å². The average molecular weight is 139 g/mol. The number of hydrogen-bond acceptors (Lipinski definition) is 3. The second-order valence-corrected chi connectivity index (χ2v) is 1.98. The molecule has 0 aromatic rings. The Balaban J connectivity index is 2.60. The predicted octanol–water partition coefficient (Wildman–Crippen LogP) is -0.195. The van der Waals surface area contributed by atoms with Crippen LogP contribution in [-0.2, 0) is 0 Å². The number of β-amino-alcohol motifs (C(OH)–C–C–N with tert-alkyl or cyclic N) is 1. The molecule has 0 saturated heterocycles. The fourth-order valence-electron chi connectivity index (χ4n) is 0.808. The fraction of sp³-hybridized carbons (Fsp3) is 0.333. The van der Waals surface area contributed by atoms with Gasteiger partial charge in [-0.25, -0.2) is 0 Å². The SMILES string of the molecule is N=C1C=CC(=N)N1CCO. The molecule has 3 N–H and O–H groups in total. The highest BCUT2D eigenvalue weighted by Crippen LogP contribution is 2.02. The Morgan fingerprint density at radius 3 is 2.20 bits per heavy atom. The van der Waals surface area contributed by atoms with Crippen LogP contribution in [0, 0.1) is 10.8 Å². The van der Waals surface area contributed by atoms with Gasteiger partial charge in [-0.15, -0.1) is 0 Å². The van der Waals surface area contributed by atoms with E-state index in [1.54, 1.807) is 0 Å². The topological polar surface area (TPSA) is 71.2 Å². The number of hydrogen-bond donors (Lipinski definition) is 3. The Morgan fingerprint density at radius 1 is 1.30 bits per heavy atom. The number of nitrogens with one attached hydrogen (secondary N) is 2. The Bertz CT molecular complexity index is 179. The first-order valence-electron chi connectivity index (χ1n) is 2.99. The lowest BCUT2D eigenvalue weighted by molar-refractivity contribution is 0.278. The van der Waals surface area contributed by atoms with Crippen molar-refractivity contribution in [3.63, 3.8) is 0 Å². The van der Waals surface area contributed by atoms with E-state index in [-0.39, 0.29) is 18.3 Å². The maximum absolute atomic E-state index is 8.50. The Kier molecular flexibility index (Phi) is 1.82. The maximum Gasteiger partial charge on any atom is 0.126 e. The van der Waals surface area contributed by atoms with Crippen LogP contribution < -0.4 is 0 Å². The molecule has 1 heterocycles. The number of rotatable bonds is 2. The molecule has 4 nitrogen and oxygen atoms in total. The minimum Gasteiger partial charge on any atom is -0.395 e. The largest absolute Gasteiger partial charge is 0.395 e. The van der Waals surface area contributed by atoms with Crippen molar-refractivity contribution in [3.8, 4) is 0 Å². The van der Waals surface area contributed by atoms with Crippen LogP contribution in [0.15, 0.2) is 12.2 Å². The number of nitrogens with zero attached hydrogens (tertiary/aromatic N) is 1. The van der Waals surface area contributed by atoms with Crippen molar-refractivity contribution in [1.82, 2.24) is 4.90 Å². The maximum atomic E-state index is 8.50. The molecule has 0 atom stereocenters. The summed E-state index contributed by atoms with van der Waals surface area (Å²) in [7, 11) is 0. The van der Waals surface area contributed by atoms with Gasteiger partial charge in [0, 0.05) is 6.54 Å². The molecule has 0 aromatic carbocycles. The van der Waals surface area contributed by atoms with E-state index in [2.05, 4.69) is 0 Å². The van der Waals surface area contributed by atoms with E-state index in [1.165, 1.54) is 17.1 Å². The van der Waals surface area contributed by atoms with Gasteiger partial charge in [0.1, 0.15) is 11.7 Å². The summed E-state index contributed by atoms with van der Waals surface area (Å²) in [6, 6.07) is 0. The Hall–Kier alpha value is -1.16. The molecule has 0 saturated carbocycles. The molecule has 1 aliphatic heterocycles. The Morgan fingerprint density at radius 2 is 1.80 bits per heavy atom. The van der Waals surface area contributed by atoms with Gasteiger partial charge in [-0.2, -0.15) is 0 Å². The third-order valence-corrected chi connectivity index (χ3v) is 1.30. The molecule has 0 bridgehead atoms. The summed E-state index contributed by atoms with van der Waals surface area (Å²) in [6.45, 7) is 0.317. The van der Waals surface area contributed by atoms with Gasteiger partial charge in [-0.3, -0.25) is 10.8 Å². The molecule has 0 radical (unpaired) electrons. The van der Waals surface area contributed by atoms with Crippen LogP contribution in [-0.4, -0.2) is 34.8 Å². The van der Waals surface area contributed by atoms with Crippen molar-refractivity contribution in [2.24, 2.45) is 0 Å². The van der Waals surface area contributed by atoms with Crippen LogP contribution in [0.1, 0.15) is 0 Å². The van der Waals surface area contributed by atoms with Gasteiger partial charge in [0.05, 0.1) is 6.61 Å². The summed E-state index contributed by atoms with van der Waals surface area (Å²) in [6.07, 6.45) is 3.08. The van der Waals surface area contributed by atoms with E-state index in [0.29, 0.717) is 6.54 Å². The van der Waals surface area contributed by atoms with Crippen molar-refractivity contribution < 1.29 is 5.11 Å². The smallest absolute Gasteiger partial charge is 0.126 e. The second-order valence-electron chi connectivity index (χ2n) is 1.98. The van der Waals surface area contributed by atoms with Crippen LogP contribution in [0.4, 0.5) is 0 Å². The molecule has 54 valence electrons. The van der Waals surface area contributed by atoms with Gasteiger partial charge < -0.3 is 10.0 Å². The van der Waals surface area contributed by atoms with Crippen LogP contribution in [0.3, 0.4) is 0 Å². The highest BCUT2D eigenvalue weighted by Gasteiger charge is 2.15. The van der Waals surface area contributed by atoms with Crippen molar-refractivity contribution in [3.05, 3.63) is 12.2 Å². The van der Waals surface area contributed by atoms with Gasteiger partial charge in [0.25, 0.3) is 0 Å². The van der Waals surface area contributed by atoms with E-state index >= 15 is 0 Å². The zero-order chi connectivity index (χ0) is 7.56. The van der Waals surface area contributed by atoms with Gasteiger partial charge >= 0.3 is 0 Å². The lowest BCUT2D eigenvalue weighted by atomic mass is 10.5. The molecule has 0 spiro atoms. The summed E-state index contributed by atoms with van der Waals surface area (Å²) in [5, 5.41) is 23.0. The van der Waals surface area contributed by atoms with Gasteiger partial charge in [-0.05, 0) is 12.2 Å². The zero-order valence-corrected chi connectivity index (χ0v) is 5.46. The normalized spacial score (nSPS) is 17.1. The van der Waals surface area contributed by atoms with Crippen molar-refractivity contribution in [1.29, 1.82) is 10.8 Å². The van der Waals surface area contributed by atoms with E-state index in [4.69, 9.17) is 15.9 Å². The first-order chi connectivity index (χ1) is 4.75. The molecule has 0 unspecified atom stereocenters. The lowest BCUT2D eigenvalue weighted by Crippen LogP contribution is -2.31. The summed E-state index contributed by atoms with van der Waals surface area (Å²) >= 11 is 0. The van der Waals surface area contributed by atoms with Crippen molar-refractivity contribution >= 4 is 11.7 Å². The molecule has 0 aromatic heterocycles. The van der Waals surface area contributed by atoms with Crippen molar-refractivity contribution in [2.45, 2.75) is 0 Å². The van der Waals surface area contributed by atoms with Gasteiger partial charge in [0.2, 0.25) is 0 Å². The number of amidine groups is 2. The highest BCUT2D eigenvalue weighted by atomic mass is 16.3. The third kappa shape index (κ3) is 1.06. The highest BCUT2D eigenvalue weighted by molar-refractivity contribution is 6.15. The third-order valence-electron chi connectivity index (χ3n) is 1.30. The summed E-state index contributed by atoms with van der Waals surface area (Å²) in [5.41, 5.74) is 0. The summed E-state index contributed by atoms with van der Waals surface area (Å²) < 4.78 is 0. The van der Waals surface area contributed by atoms with Gasteiger partial charge in [0.15, 0.2) is 0 Å². The van der Waals surface area contributed by atoms with Crippen LogP contribution in [0.5, 0.6) is 0 Å². The van der Waals surface area contributed by atoms with E-state index in [9.17, 15) is 0 Å². The minimum atomic E-state index is -0.0214. The molecular formula is C6H9N3O. The molecule has 0 fully saturated rings. The first kappa shape index (κ1) is 6.95. The van der Waals surface area contributed by atoms with E-state index in [0.717, 1.165) is 0 Å². The van der Waals surface area contributed by atoms with Gasteiger partial charge in [-0.1, -0.05) is 0 Å². The number of aliphatic hydroxyl groups is 1. The van der Waals surface area contributed by atoms with Crippen LogP contribution in [0.25, 0.3) is 0 Å². The monoisotopic (exact) mass is 139 g/mol. The summed E-state index contributed by atoms with van der Waals surface area (Å²) in [4.78, 5) is 1.43. The quantitative estimate of drug-likeness (QED) is 0.496. The molecule has 4 heteroatoms. The number of aliphatic hydroxyl groups excluding tert-OH is 1. The minimum absolute atomic E-state index is 0.0214. The van der Waals surface area contributed by atoms with E-state index in [1.807, 2.05) is 0 Å². The molecule has 0 aliphatic carbocycles. The molecule has 1 aliphatic rings. The average Bonchev–Trinajstić information content (AvgIpc) is 2.20. The fourth-order valence-corrected chi connectivity index (χ4v) is 0.808. The first-order valence-corrected chi connectivity index (χ1v) is 2.99.